The fourth-order valence-corrected chi connectivity index (χ4v) is 2.89. The van der Waals surface area contributed by atoms with Crippen LogP contribution in [0.1, 0.15) is 22.7 Å². The van der Waals surface area contributed by atoms with Crippen molar-refractivity contribution in [3.05, 3.63) is 69.0 Å². The number of nitriles is 1. The van der Waals surface area contributed by atoms with Crippen LogP contribution in [0.25, 0.3) is 0 Å². The van der Waals surface area contributed by atoms with Gasteiger partial charge in [0, 0.05) is 18.8 Å². The number of benzene rings is 1. The number of ether oxygens (including phenoxy) is 2. The molecule has 1 aromatic carbocycles. The van der Waals surface area contributed by atoms with Gasteiger partial charge < -0.3 is 19.8 Å². The number of nitrogens with two attached hydrogens (primary N) is 1. The molecule has 6 heteroatoms. The number of hydrogen-bond acceptors (Lipinski definition) is 5. The Morgan fingerprint density at radius 2 is 2.12 bits per heavy atom. The highest BCUT2D eigenvalue weighted by Crippen LogP contribution is 2.41. The van der Waals surface area contributed by atoms with Crippen molar-refractivity contribution in [1.29, 1.82) is 5.26 Å². The summed E-state index contributed by atoms with van der Waals surface area (Å²) in [4.78, 5) is 12.8. The number of methoxy groups -OCH3 is 1. The number of aryl methyl sites for hydroxylation is 1. The number of nitrogens with zero attached hydrogens (tertiary/aromatic N) is 2. The second-order valence-corrected chi connectivity index (χ2v) is 5.63. The highest BCUT2D eigenvalue weighted by Gasteiger charge is 2.34. The third-order valence-electron chi connectivity index (χ3n) is 4.28. The molecule has 0 saturated heterocycles. The zero-order chi connectivity index (χ0) is 17.4. The standard InChI is InChI=1S/C18H17N3O3/c1-10-7-14-16(18(22)21(10)2)15(13(9-19)17(20)24-14)11-5-4-6-12(8-11)23-3/h4-8,15H,20H2,1-3H3/t15-/m1/s1. The van der Waals surface area contributed by atoms with Crippen LogP contribution >= 0.6 is 0 Å². The minimum absolute atomic E-state index is 0.0190. The van der Waals surface area contributed by atoms with Gasteiger partial charge in [-0.3, -0.25) is 4.79 Å². The van der Waals surface area contributed by atoms with Gasteiger partial charge in [0.25, 0.3) is 5.56 Å². The lowest BCUT2D eigenvalue weighted by molar-refractivity contribution is 0.388. The van der Waals surface area contributed by atoms with Gasteiger partial charge in [0.2, 0.25) is 5.88 Å². The van der Waals surface area contributed by atoms with Gasteiger partial charge in [-0.05, 0) is 24.6 Å². The Morgan fingerprint density at radius 1 is 1.38 bits per heavy atom. The van der Waals surface area contributed by atoms with E-state index in [1.807, 2.05) is 19.1 Å². The first kappa shape index (κ1) is 15.7. The maximum Gasteiger partial charge on any atom is 0.258 e. The van der Waals surface area contributed by atoms with Crippen molar-refractivity contribution in [2.45, 2.75) is 12.8 Å². The minimum Gasteiger partial charge on any atom is -0.497 e. The van der Waals surface area contributed by atoms with E-state index >= 15 is 0 Å². The molecule has 0 aliphatic carbocycles. The molecule has 0 amide bonds. The summed E-state index contributed by atoms with van der Waals surface area (Å²) in [5.41, 5.74) is 7.85. The Labute approximate surface area is 139 Å². The van der Waals surface area contributed by atoms with E-state index in [4.69, 9.17) is 15.2 Å². The van der Waals surface area contributed by atoms with E-state index in [2.05, 4.69) is 6.07 Å². The quantitative estimate of drug-likeness (QED) is 0.912. The van der Waals surface area contributed by atoms with Crippen LogP contribution in [0.5, 0.6) is 11.5 Å². The number of pyridine rings is 1. The number of aromatic nitrogens is 1. The zero-order valence-electron chi connectivity index (χ0n) is 13.7. The van der Waals surface area contributed by atoms with Gasteiger partial charge in [0.15, 0.2) is 0 Å². The number of rotatable bonds is 2. The van der Waals surface area contributed by atoms with Gasteiger partial charge in [0.05, 0.1) is 18.6 Å². The van der Waals surface area contributed by atoms with Crippen LogP contribution in [0.2, 0.25) is 0 Å². The second kappa shape index (κ2) is 5.78. The van der Waals surface area contributed by atoms with E-state index in [-0.39, 0.29) is 17.0 Å². The van der Waals surface area contributed by atoms with Gasteiger partial charge in [-0.25, -0.2) is 0 Å². The smallest absolute Gasteiger partial charge is 0.258 e. The lowest BCUT2D eigenvalue weighted by Crippen LogP contribution is -2.31. The zero-order valence-corrected chi connectivity index (χ0v) is 13.7. The molecule has 0 spiro atoms. The maximum atomic E-state index is 12.8. The van der Waals surface area contributed by atoms with E-state index in [1.54, 1.807) is 32.4 Å². The summed E-state index contributed by atoms with van der Waals surface area (Å²) in [5.74, 6) is 0.457. The first-order valence-electron chi connectivity index (χ1n) is 7.40. The van der Waals surface area contributed by atoms with Crippen LogP contribution in [0, 0.1) is 18.3 Å². The summed E-state index contributed by atoms with van der Waals surface area (Å²) in [7, 11) is 3.25. The molecule has 2 aromatic rings. The van der Waals surface area contributed by atoms with Crippen LogP contribution in [0.3, 0.4) is 0 Å². The maximum absolute atomic E-state index is 12.8. The number of fused-ring (bicyclic) bond motifs is 1. The summed E-state index contributed by atoms with van der Waals surface area (Å²) >= 11 is 0. The molecule has 0 fully saturated rings. The molecule has 0 bridgehead atoms. The lowest BCUT2D eigenvalue weighted by atomic mass is 9.84. The molecule has 1 aromatic heterocycles. The highest BCUT2D eigenvalue weighted by molar-refractivity contribution is 5.55. The lowest BCUT2D eigenvalue weighted by Gasteiger charge is -2.27. The Morgan fingerprint density at radius 3 is 2.79 bits per heavy atom. The van der Waals surface area contributed by atoms with Gasteiger partial charge in [-0.2, -0.15) is 5.26 Å². The molecular formula is C18H17N3O3. The predicted molar refractivity (Wildman–Crippen MR) is 88.7 cm³/mol. The Hall–Kier alpha value is -3.20. The highest BCUT2D eigenvalue weighted by atomic mass is 16.5. The van der Waals surface area contributed by atoms with Crippen molar-refractivity contribution in [2.24, 2.45) is 12.8 Å². The molecule has 1 aliphatic heterocycles. The molecule has 2 N–H and O–H groups in total. The average molecular weight is 323 g/mol. The van der Waals surface area contributed by atoms with Crippen LogP contribution < -0.4 is 20.8 Å². The molecule has 24 heavy (non-hydrogen) atoms. The summed E-state index contributed by atoms with van der Waals surface area (Å²) in [6.45, 7) is 1.81. The molecule has 3 rings (SSSR count). The Bertz CT molecular complexity index is 951. The Balaban J connectivity index is 2.33. The van der Waals surface area contributed by atoms with Crippen molar-refractivity contribution in [3.63, 3.8) is 0 Å². The SMILES string of the molecule is COc1cccc([C@@H]2C(C#N)=C(N)Oc3cc(C)n(C)c(=O)c32)c1. The van der Waals surface area contributed by atoms with E-state index in [0.29, 0.717) is 17.1 Å². The van der Waals surface area contributed by atoms with Gasteiger partial charge in [-0.15, -0.1) is 0 Å². The molecule has 6 nitrogen and oxygen atoms in total. The van der Waals surface area contributed by atoms with Crippen molar-refractivity contribution in [2.75, 3.05) is 7.11 Å². The first-order chi connectivity index (χ1) is 11.5. The largest absolute Gasteiger partial charge is 0.497 e. The summed E-state index contributed by atoms with van der Waals surface area (Å²) in [6.07, 6.45) is 0. The number of allylic oxidation sites excluding steroid dienone is 1. The third kappa shape index (κ3) is 2.31. The van der Waals surface area contributed by atoms with Crippen molar-refractivity contribution >= 4 is 0 Å². The second-order valence-electron chi connectivity index (χ2n) is 5.63. The van der Waals surface area contributed by atoms with E-state index in [0.717, 1.165) is 11.3 Å². The Kier molecular flexibility index (Phi) is 3.78. The van der Waals surface area contributed by atoms with E-state index in [1.165, 1.54) is 4.57 Å². The normalized spacial score (nSPS) is 16.2. The first-order valence-corrected chi connectivity index (χ1v) is 7.40. The summed E-state index contributed by atoms with van der Waals surface area (Å²) in [6, 6.07) is 11.1. The molecule has 1 atom stereocenters. The molecule has 0 unspecified atom stereocenters. The minimum atomic E-state index is -0.590. The average Bonchev–Trinajstić information content (AvgIpc) is 2.58. The van der Waals surface area contributed by atoms with E-state index in [9.17, 15) is 10.1 Å². The monoisotopic (exact) mass is 323 g/mol. The summed E-state index contributed by atoms with van der Waals surface area (Å²) in [5, 5.41) is 9.55. The summed E-state index contributed by atoms with van der Waals surface area (Å²) < 4.78 is 12.3. The van der Waals surface area contributed by atoms with Gasteiger partial charge >= 0.3 is 0 Å². The number of hydrogen-bond donors (Lipinski definition) is 1. The van der Waals surface area contributed by atoms with Crippen molar-refractivity contribution in [3.8, 4) is 17.6 Å². The van der Waals surface area contributed by atoms with Crippen molar-refractivity contribution < 1.29 is 9.47 Å². The van der Waals surface area contributed by atoms with Crippen molar-refractivity contribution in [1.82, 2.24) is 4.57 Å². The molecule has 0 radical (unpaired) electrons. The van der Waals surface area contributed by atoms with Crippen LogP contribution in [0.15, 0.2) is 46.6 Å². The van der Waals surface area contributed by atoms with Crippen LogP contribution in [0.4, 0.5) is 0 Å². The third-order valence-corrected chi connectivity index (χ3v) is 4.28. The topological polar surface area (TPSA) is 90.3 Å². The molecule has 0 saturated carbocycles. The van der Waals surface area contributed by atoms with E-state index < -0.39 is 5.92 Å². The van der Waals surface area contributed by atoms with Crippen LogP contribution in [-0.4, -0.2) is 11.7 Å². The molecule has 1 aliphatic rings. The van der Waals surface area contributed by atoms with Gasteiger partial charge in [0.1, 0.15) is 23.1 Å². The molecule has 122 valence electrons. The predicted octanol–water partition coefficient (Wildman–Crippen LogP) is 1.92. The fourth-order valence-electron chi connectivity index (χ4n) is 2.89. The van der Waals surface area contributed by atoms with Crippen LogP contribution in [-0.2, 0) is 7.05 Å². The molecular weight excluding hydrogens is 306 g/mol. The fraction of sp³-hybridized carbons (Fsp3) is 0.222. The van der Waals surface area contributed by atoms with Gasteiger partial charge in [-0.1, -0.05) is 12.1 Å². The molecule has 2 heterocycles.